The van der Waals surface area contributed by atoms with Crippen LogP contribution < -0.4 is 16.0 Å². The molecule has 2 atom stereocenters. The quantitative estimate of drug-likeness (QED) is 0.791. The molecule has 0 spiro atoms. The third-order valence-electron chi connectivity index (χ3n) is 5.45. The first-order chi connectivity index (χ1) is 11.0. The second kappa shape index (κ2) is 4.96. The Balaban J connectivity index is 1.91. The summed E-state index contributed by atoms with van der Waals surface area (Å²) in [7, 11) is 0. The Kier molecular flexibility index (Phi) is 3.13. The van der Waals surface area contributed by atoms with Gasteiger partial charge in [-0.25, -0.2) is 4.39 Å². The van der Waals surface area contributed by atoms with Gasteiger partial charge in [-0.15, -0.1) is 0 Å². The minimum atomic E-state index is -0.610. The molecule has 0 saturated carbocycles. The van der Waals surface area contributed by atoms with Crippen molar-refractivity contribution < 1.29 is 9.18 Å². The zero-order chi connectivity index (χ0) is 16.3. The number of nitrogens with two attached hydrogens (primary N) is 1. The third-order valence-corrected chi connectivity index (χ3v) is 5.45. The summed E-state index contributed by atoms with van der Waals surface area (Å²) in [5.41, 5.74) is 8.81. The number of amides is 1. The van der Waals surface area contributed by atoms with Gasteiger partial charge < -0.3 is 20.9 Å². The number of carbonyl (C=O) groups is 1. The number of anilines is 1. The highest BCUT2D eigenvalue weighted by molar-refractivity contribution is 6.10. The van der Waals surface area contributed by atoms with Crippen LogP contribution in [0.15, 0.2) is 6.07 Å². The van der Waals surface area contributed by atoms with Crippen LogP contribution in [0.2, 0.25) is 0 Å². The molecule has 2 aromatic rings. The van der Waals surface area contributed by atoms with Crippen molar-refractivity contribution in [2.45, 2.75) is 26.3 Å². The predicted molar refractivity (Wildman–Crippen MR) is 88.4 cm³/mol. The number of nitrogens with zero attached hydrogens (tertiary/aromatic N) is 1. The van der Waals surface area contributed by atoms with Gasteiger partial charge in [0, 0.05) is 30.2 Å². The Labute approximate surface area is 134 Å². The van der Waals surface area contributed by atoms with Gasteiger partial charge in [-0.1, -0.05) is 0 Å². The fraction of sp³-hybridized carbons (Fsp3) is 0.471. The number of aryl methyl sites for hydroxylation is 2. The van der Waals surface area contributed by atoms with Crippen LogP contribution in [-0.2, 0) is 0 Å². The van der Waals surface area contributed by atoms with Crippen LogP contribution in [0.25, 0.3) is 10.9 Å². The van der Waals surface area contributed by atoms with Crippen LogP contribution in [0.4, 0.5) is 10.1 Å². The van der Waals surface area contributed by atoms with E-state index in [2.05, 4.69) is 15.2 Å². The largest absolute Gasteiger partial charge is 0.367 e. The molecule has 0 radical (unpaired) electrons. The van der Waals surface area contributed by atoms with Crippen molar-refractivity contribution in [1.29, 1.82) is 0 Å². The number of halogens is 1. The summed E-state index contributed by atoms with van der Waals surface area (Å²) in [6, 6.07) is 1.71. The fourth-order valence-electron chi connectivity index (χ4n) is 4.14. The van der Waals surface area contributed by atoms with E-state index in [-0.39, 0.29) is 11.4 Å². The van der Waals surface area contributed by atoms with E-state index in [1.54, 1.807) is 0 Å². The molecule has 122 valence electrons. The average Bonchev–Trinajstić information content (AvgIpc) is 3.14. The lowest BCUT2D eigenvalue weighted by atomic mass is 10.0. The zero-order valence-electron chi connectivity index (χ0n) is 13.4. The van der Waals surface area contributed by atoms with E-state index in [0.717, 1.165) is 42.7 Å². The van der Waals surface area contributed by atoms with Crippen molar-refractivity contribution in [3.8, 4) is 0 Å². The zero-order valence-corrected chi connectivity index (χ0v) is 13.4. The summed E-state index contributed by atoms with van der Waals surface area (Å²) in [4.78, 5) is 17.0. The Morgan fingerprint density at radius 3 is 2.87 bits per heavy atom. The molecule has 1 aromatic heterocycles. The lowest BCUT2D eigenvalue weighted by Gasteiger charge is -2.22. The number of hydrogen-bond donors (Lipinski definition) is 3. The number of carbonyl (C=O) groups excluding carboxylic acids is 1. The van der Waals surface area contributed by atoms with Crippen molar-refractivity contribution in [3.63, 3.8) is 0 Å². The van der Waals surface area contributed by atoms with Gasteiger partial charge in [0.25, 0.3) is 5.91 Å². The SMILES string of the molecule is Cc1[nH]c2c(C(N)=O)cc(F)c(N3C[C@@H]4CCN[C@@H]4C3)c2c1C. The lowest BCUT2D eigenvalue weighted by Crippen LogP contribution is -2.30. The van der Waals surface area contributed by atoms with Crippen molar-refractivity contribution >= 4 is 22.5 Å². The van der Waals surface area contributed by atoms with E-state index in [1.807, 2.05) is 13.8 Å². The molecule has 0 unspecified atom stereocenters. The Morgan fingerprint density at radius 2 is 2.17 bits per heavy atom. The molecule has 2 aliphatic rings. The predicted octanol–water partition coefficient (Wildman–Crippen LogP) is 1.82. The van der Waals surface area contributed by atoms with Gasteiger partial charge in [-0.2, -0.15) is 0 Å². The number of primary amides is 1. The second-order valence-electron chi connectivity index (χ2n) is 6.76. The van der Waals surface area contributed by atoms with E-state index in [1.165, 1.54) is 6.07 Å². The average molecular weight is 316 g/mol. The number of H-pyrrole nitrogens is 1. The van der Waals surface area contributed by atoms with Crippen LogP contribution in [-0.4, -0.2) is 36.6 Å². The van der Waals surface area contributed by atoms with Gasteiger partial charge in [-0.05, 0) is 44.4 Å². The Morgan fingerprint density at radius 1 is 1.39 bits per heavy atom. The lowest BCUT2D eigenvalue weighted by molar-refractivity contribution is 0.100. The van der Waals surface area contributed by atoms with E-state index < -0.39 is 5.91 Å². The fourth-order valence-corrected chi connectivity index (χ4v) is 4.14. The molecule has 2 saturated heterocycles. The van der Waals surface area contributed by atoms with E-state index in [9.17, 15) is 9.18 Å². The molecule has 5 nitrogen and oxygen atoms in total. The summed E-state index contributed by atoms with van der Waals surface area (Å²) in [5.74, 6) is -0.407. The highest BCUT2D eigenvalue weighted by Crippen LogP contribution is 2.39. The molecule has 0 aliphatic carbocycles. The molecule has 2 fully saturated rings. The number of hydrogen-bond acceptors (Lipinski definition) is 3. The van der Waals surface area contributed by atoms with Crippen molar-refractivity contribution in [3.05, 3.63) is 28.7 Å². The third kappa shape index (κ3) is 2.05. The second-order valence-corrected chi connectivity index (χ2v) is 6.76. The molecule has 23 heavy (non-hydrogen) atoms. The molecule has 6 heteroatoms. The van der Waals surface area contributed by atoms with E-state index >= 15 is 0 Å². The summed E-state index contributed by atoms with van der Waals surface area (Å²) in [6.45, 7) is 6.59. The number of aromatic amines is 1. The monoisotopic (exact) mass is 316 g/mol. The van der Waals surface area contributed by atoms with E-state index in [4.69, 9.17) is 5.73 Å². The van der Waals surface area contributed by atoms with Gasteiger partial charge in [0.1, 0.15) is 5.82 Å². The molecule has 1 amide bonds. The Hall–Kier alpha value is -2.08. The molecule has 4 rings (SSSR count). The topological polar surface area (TPSA) is 74.2 Å². The molecule has 2 aliphatic heterocycles. The standard InChI is InChI=1S/C17H21FN4O/c1-8-9(2)21-15-11(17(19)23)5-12(18)16(14(8)15)22-6-10-3-4-20-13(10)7-22/h5,10,13,20-21H,3-4,6-7H2,1-2H3,(H2,19,23)/t10-,13+/m0/s1. The summed E-state index contributed by atoms with van der Waals surface area (Å²) in [6.07, 6.45) is 1.14. The molecule has 4 N–H and O–H groups in total. The number of nitrogens with one attached hydrogen (secondary N) is 2. The number of benzene rings is 1. The maximum Gasteiger partial charge on any atom is 0.250 e. The van der Waals surface area contributed by atoms with Crippen molar-refractivity contribution in [2.24, 2.45) is 11.7 Å². The molecular formula is C17H21FN4O. The minimum Gasteiger partial charge on any atom is -0.367 e. The summed E-state index contributed by atoms with van der Waals surface area (Å²) < 4.78 is 14.9. The number of aromatic nitrogens is 1. The van der Waals surface area contributed by atoms with Gasteiger partial charge in [-0.3, -0.25) is 4.79 Å². The van der Waals surface area contributed by atoms with Crippen LogP contribution in [0.1, 0.15) is 28.0 Å². The van der Waals surface area contributed by atoms with Crippen molar-refractivity contribution in [1.82, 2.24) is 10.3 Å². The van der Waals surface area contributed by atoms with Crippen LogP contribution >= 0.6 is 0 Å². The smallest absolute Gasteiger partial charge is 0.250 e. The number of rotatable bonds is 2. The normalized spacial score (nSPS) is 23.7. The number of fused-ring (bicyclic) bond motifs is 2. The first-order valence-corrected chi connectivity index (χ1v) is 8.07. The van der Waals surface area contributed by atoms with Gasteiger partial charge in [0.05, 0.1) is 16.8 Å². The Bertz CT molecular complexity index is 801. The highest BCUT2D eigenvalue weighted by atomic mass is 19.1. The summed E-state index contributed by atoms with van der Waals surface area (Å²) >= 11 is 0. The maximum absolute atomic E-state index is 14.9. The summed E-state index contributed by atoms with van der Waals surface area (Å²) in [5, 5.41) is 4.28. The van der Waals surface area contributed by atoms with E-state index in [0.29, 0.717) is 23.2 Å². The molecule has 1 aromatic carbocycles. The van der Waals surface area contributed by atoms with Gasteiger partial charge in [0.15, 0.2) is 0 Å². The van der Waals surface area contributed by atoms with Gasteiger partial charge in [0.2, 0.25) is 0 Å². The van der Waals surface area contributed by atoms with Crippen LogP contribution in [0.3, 0.4) is 0 Å². The molecule has 3 heterocycles. The first kappa shape index (κ1) is 14.5. The highest BCUT2D eigenvalue weighted by Gasteiger charge is 2.38. The minimum absolute atomic E-state index is 0.218. The molecule has 0 bridgehead atoms. The van der Waals surface area contributed by atoms with Crippen LogP contribution in [0.5, 0.6) is 0 Å². The maximum atomic E-state index is 14.9. The van der Waals surface area contributed by atoms with Crippen LogP contribution in [0, 0.1) is 25.6 Å². The van der Waals surface area contributed by atoms with Crippen molar-refractivity contribution in [2.75, 3.05) is 24.5 Å². The molecular weight excluding hydrogens is 295 g/mol. The van der Waals surface area contributed by atoms with Gasteiger partial charge >= 0.3 is 0 Å². The first-order valence-electron chi connectivity index (χ1n) is 8.07.